The van der Waals surface area contributed by atoms with E-state index in [0.29, 0.717) is 15.5 Å². The summed E-state index contributed by atoms with van der Waals surface area (Å²) in [5.41, 5.74) is 1.34. The molecule has 0 bridgehead atoms. The molecule has 4 nitrogen and oxygen atoms in total. The van der Waals surface area contributed by atoms with Gasteiger partial charge in [-0.15, -0.1) is 11.3 Å². The van der Waals surface area contributed by atoms with Gasteiger partial charge in [0.15, 0.2) is 0 Å². The zero-order valence-corrected chi connectivity index (χ0v) is 12.9. The first-order chi connectivity index (χ1) is 9.48. The Morgan fingerprint density at radius 1 is 1.20 bits per heavy atom. The number of hydrogen-bond acceptors (Lipinski definition) is 4. The molecule has 0 aliphatic rings. The summed E-state index contributed by atoms with van der Waals surface area (Å²) in [6, 6.07) is 10.4. The third-order valence-electron chi connectivity index (χ3n) is 2.63. The van der Waals surface area contributed by atoms with Gasteiger partial charge in [0, 0.05) is 11.4 Å². The average Bonchev–Trinajstić information content (AvgIpc) is 2.82. The van der Waals surface area contributed by atoms with Crippen LogP contribution in [-0.2, 0) is 28.9 Å². The fraction of sp³-hybridized carbons (Fsp3) is 0.231. The number of thiophene rings is 1. The highest BCUT2D eigenvalue weighted by molar-refractivity contribution is 7.88. The first kappa shape index (κ1) is 15.5. The van der Waals surface area contributed by atoms with E-state index in [-0.39, 0.29) is 18.9 Å². The van der Waals surface area contributed by atoms with Gasteiger partial charge in [-0.1, -0.05) is 35.9 Å². The number of halogens is 1. The number of sulfonamides is 1. The second-order valence-electron chi connectivity index (χ2n) is 4.26. The van der Waals surface area contributed by atoms with Crippen LogP contribution in [0.1, 0.15) is 16.0 Å². The van der Waals surface area contributed by atoms with Gasteiger partial charge in [-0.05, 0) is 23.3 Å². The van der Waals surface area contributed by atoms with Gasteiger partial charge in [-0.25, -0.2) is 13.1 Å². The molecule has 0 aliphatic carbocycles. The summed E-state index contributed by atoms with van der Waals surface area (Å²) in [5, 5.41) is 9.04. The minimum Gasteiger partial charge on any atom is -0.392 e. The van der Waals surface area contributed by atoms with E-state index in [1.807, 2.05) is 0 Å². The Morgan fingerprint density at radius 2 is 1.95 bits per heavy atom. The molecule has 2 aromatic rings. The van der Waals surface area contributed by atoms with Crippen molar-refractivity contribution in [3.63, 3.8) is 0 Å². The van der Waals surface area contributed by atoms with Gasteiger partial charge in [0.2, 0.25) is 10.0 Å². The van der Waals surface area contributed by atoms with Crippen molar-refractivity contribution < 1.29 is 13.5 Å². The minimum atomic E-state index is -3.42. The molecule has 20 heavy (non-hydrogen) atoms. The summed E-state index contributed by atoms with van der Waals surface area (Å²) in [7, 11) is -3.42. The molecule has 0 aliphatic heterocycles. The van der Waals surface area contributed by atoms with E-state index in [4.69, 9.17) is 16.7 Å². The smallest absolute Gasteiger partial charge is 0.216 e. The van der Waals surface area contributed by atoms with Crippen LogP contribution in [0, 0.1) is 0 Å². The van der Waals surface area contributed by atoms with Crippen molar-refractivity contribution in [3.05, 3.63) is 56.7 Å². The molecular weight excluding hydrogens is 318 g/mol. The minimum absolute atomic E-state index is 0.102. The van der Waals surface area contributed by atoms with Gasteiger partial charge in [0.25, 0.3) is 0 Å². The number of rotatable bonds is 6. The molecule has 1 aromatic heterocycles. The summed E-state index contributed by atoms with van der Waals surface area (Å²) in [4.78, 5) is 0.864. The lowest BCUT2D eigenvalue weighted by Gasteiger charge is -2.06. The monoisotopic (exact) mass is 331 g/mol. The van der Waals surface area contributed by atoms with Crippen LogP contribution in [0.4, 0.5) is 0 Å². The molecule has 0 spiro atoms. The predicted octanol–water partition coefficient (Wildman–Crippen LogP) is 2.51. The molecule has 0 amide bonds. The molecule has 0 saturated carbocycles. The van der Waals surface area contributed by atoms with Crippen LogP contribution in [0.15, 0.2) is 36.4 Å². The van der Waals surface area contributed by atoms with Gasteiger partial charge >= 0.3 is 0 Å². The van der Waals surface area contributed by atoms with E-state index in [0.717, 1.165) is 4.88 Å². The number of benzene rings is 1. The Balaban J connectivity index is 1.99. The average molecular weight is 332 g/mol. The molecule has 0 unspecified atom stereocenters. The number of hydrogen-bond donors (Lipinski definition) is 2. The van der Waals surface area contributed by atoms with Gasteiger partial charge < -0.3 is 5.11 Å². The van der Waals surface area contributed by atoms with Gasteiger partial charge in [-0.3, -0.25) is 0 Å². The maximum Gasteiger partial charge on any atom is 0.216 e. The van der Waals surface area contributed by atoms with Gasteiger partial charge in [-0.2, -0.15) is 0 Å². The molecule has 2 N–H and O–H groups in total. The van der Waals surface area contributed by atoms with E-state index in [1.54, 1.807) is 36.4 Å². The summed E-state index contributed by atoms with van der Waals surface area (Å²) >= 11 is 7.14. The standard InChI is InChI=1S/C13H14ClNO3S2/c14-13-5-4-12(19-13)7-15-20(17,18)9-11-3-1-2-10(6-11)8-16/h1-6,15-16H,7-9H2. The molecule has 2 rings (SSSR count). The van der Waals surface area contributed by atoms with Crippen molar-refractivity contribution in [1.82, 2.24) is 4.72 Å². The van der Waals surface area contributed by atoms with Crippen LogP contribution < -0.4 is 4.72 Å². The third-order valence-corrected chi connectivity index (χ3v) is 5.15. The van der Waals surface area contributed by atoms with E-state index >= 15 is 0 Å². The quantitative estimate of drug-likeness (QED) is 0.854. The third kappa shape index (κ3) is 4.57. The molecule has 108 valence electrons. The number of aliphatic hydroxyl groups is 1. The van der Waals surface area contributed by atoms with Crippen molar-refractivity contribution in [2.75, 3.05) is 0 Å². The second-order valence-corrected chi connectivity index (χ2v) is 7.87. The molecule has 0 fully saturated rings. The van der Waals surface area contributed by atoms with E-state index in [9.17, 15) is 8.42 Å². The fourth-order valence-electron chi connectivity index (χ4n) is 1.72. The molecule has 0 saturated heterocycles. The summed E-state index contributed by atoms with van der Waals surface area (Å²) in [5.74, 6) is -0.111. The van der Waals surface area contributed by atoms with Crippen LogP contribution in [0.5, 0.6) is 0 Å². The Kier molecular flexibility index (Phi) is 5.17. The highest BCUT2D eigenvalue weighted by Crippen LogP contribution is 2.21. The Hall–Kier alpha value is -0.920. The van der Waals surface area contributed by atoms with Crippen LogP contribution in [0.25, 0.3) is 0 Å². The molecule has 7 heteroatoms. The van der Waals surface area contributed by atoms with E-state index in [1.165, 1.54) is 11.3 Å². The molecule has 0 radical (unpaired) electrons. The van der Waals surface area contributed by atoms with Crippen LogP contribution in [0.2, 0.25) is 4.34 Å². The van der Waals surface area contributed by atoms with Crippen molar-refractivity contribution in [3.8, 4) is 0 Å². The van der Waals surface area contributed by atoms with E-state index < -0.39 is 10.0 Å². The fourth-order valence-corrected chi connectivity index (χ4v) is 3.93. The highest BCUT2D eigenvalue weighted by Gasteiger charge is 2.12. The topological polar surface area (TPSA) is 66.4 Å². The Labute approximate surface area is 127 Å². The summed E-state index contributed by atoms with van der Waals surface area (Å²) in [6.45, 7) is 0.133. The highest BCUT2D eigenvalue weighted by atomic mass is 35.5. The van der Waals surface area contributed by atoms with Gasteiger partial charge in [0.1, 0.15) is 0 Å². The predicted molar refractivity (Wildman–Crippen MR) is 81.2 cm³/mol. The van der Waals surface area contributed by atoms with Crippen molar-refractivity contribution >= 4 is 33.0 Å². The van der Waals surface area contributed by atoms with Gasteiger partial charge in [0.05, 0.1) is 16.7 Å². The number of nitrogens with one attached hydrogen (secondary N) is 1. The Morgan fingerprint density at radius 3 is 2.60 bits per heavy atom. The van der Waals surface area contributed by atoms with Crippen molar-refractivity contribution in [2.24, 2.45) is 0 Å². The van der Waals surface area contributed by atoms with Crippen molar-refractivity contribution in [2.45, 2.75) is 18.9 Å². The molecular formula is C13H14ClNO3S2. The Bertz CT molecular complexity index is 682. The normalized spacial score (nSPS) is 11.7. The lowest BCUT2D eigenvalue weighted by Crippen LogP contribution is -2.24. The second kappa shape index (κ2) is 6.69. The zero-order valence-electron chi connectivity index (χ0n) is 10.5. The first-order valence-corrected chi connectivity index (χ1v) is 8.73. The zero-order chi connectivity index (χ0) is 14.6. The maximum absolute atomic E-state index is 12.0. The number of aliphatic hydroxyl groups excluding tert-OH is 1. The molecule has 1 aromatic carbocycles. The molecule has 0 atom stereocenters. The van der Waals surface area contributed by atoms with Crippen molar-refractivity contribution in [1.29, 1.82) is 0 Å². The lowest BCUT2D eigenvalue weighted by molar-refractivity contribution is 0.282. The van der Waals surface area contributed by atoms with Crippen LogP contribution >= 0.6 is 22.9 Å². The van der Waals surface area contributed by atoms with Crippen LogP contribution in [0.3, 0.4) is 0 Å². The maximum atomic E-state index is 12.0. The molecule has 1 heterocycles. The largest absolute Gasteiger partial charge is 0.392 e. The summed E-state index contributed by atoms with van der Waals surface area (Å²) in [6.07, 6.45) is 0. The van der Waals surface area contributed by atoms with E-state index in [2.05, 4.69) is 4.72 Å². The first-order valence-electron chi connectivity index (χ1n) is 5.89. The summed E-state index contributed by atoms with van der Waals surface area (Å²) < 4.78 is 27.1. The van der Waals surface area contributed by atoms with Crippen LogP contribution in [-0.4, -0.2) is 13.5 Å². The SMILES string of the molecule is O=S(=O)(Cc1cccc(CO)c1)NCc1ccc(Cl)s1. The lowest BCUT2D eigenvalue weighted by atomic mass is 10.1.